The lowest BCUT2D eigenvalue weighted by Crippen LogP contribution is -2.30. The molecule has 0 aliphatic heterocycles. The number of carbonyl (C=O) groups excluding carboxylic acids is 3. The lowest BCUT2D eigenvalue weighted by Gasteiger charge is -2.18. The highest BCUT2D eigenvalue weighted by Gasteiger charge is 2.19. The molecule has 0 aliphatic carbocycles. The molecule has 61 heavy (non-hydrogen) atoms. The van der Waals surface area contributed by atoms with Crippen molar-refractivity contribution in [1.29, 1.82) is 0 Å². The summed E-state index contributed by atoms with van der Waals surface area (Å²) in [6.45, 7) is 6.36. The van der Waals surface area contributed by atoms with Gasteiger partial charge in [-0.2, -0.15) is 0 Å². The van der Waals surface area contributed by atoms with E-state index < -0.39 is 6.10 Å². The van der Waals surface area contributed by atoms with Crippen LogP contribution in [0.5, 0.6) is 0 Å². The van der Waals surface area contributed by atoms with Crippen molar-refractivity contribution in [2.45, 2.75) is 219 Å². The number of unbranched alkanes of at least 4 members (excludes halogenated alkanes) is 16. The maximum atomic E-state index is 12.8. The van der Waals surface area contributed by atoms with Crippen molar-refractivity contribution < 1.29 is 28.6 Å². The van der Waals surface area contributed by atoms with Crippen molar-refractivity contribution in [3.63, 3.8) is 0 Å². The Bertz CT molecular complexity index is 1250. The molecule has 1 unspecified atom stereocenters. The molecule has 6 nitrogen and oxygen atoms in total. The summed E-state index contributed by atoms with van der Waals surface area (Å²) in [5, 5.41) is 0. The molecule has 0 aliphatic rings. The van der Waals surface area contributed by atoms with Crippen LogP contribution in [-0.4, -0.2) is 37.2 Å². The normalized spacial score (nSPS) is 12.9. The highest BCUT2D eigenvalue weighted by atomic mass is 16.6. The van der Waals surface area contributed by atoms with Gasteiger partial charge in [-0.25, -0.2) is 0 Å². The van der Waals surface area contributed by atoms with Crippen LogP contribution in [0.2, 0.25) is 0 Å². The van der Waals surface area contributed by atoms with Crippen LogP contribution < -0.4 is 0 Å². The fourth-order valence-corrected chi connectivity index (χ4v) is 6.32. The number of hydrogen-bond donors (Lipinski definition) is 0. The third kappa shape index (κ3) is 47.2. The number of ether oxygens (including phenoxy) is 3. The van der Waals surface area contributed by atoms with Gasteiger partial charge in [-0.1, -0.05) is 176 Å². The molecule has 0 saturated heterocycles. The number of esters is 3. The molecule has 0 amide bonds. The van der Waals surface area contributed by atoms with Crippen molar-refractivity contribution in [1.82, 2.24) is 0 Å². The third-order valence-electron chi connectivity index (χ3n) is 10.0. The molecule has 0 aromatic carbocycles. The maximum Gasteiger partial charge on any atom is 0.306 e. The standard InChI is InChI=1S/C55H90O6/c1-4-7-10-13-16-19-21-23-25-27-29-31-33-36-39-42-45-48-54(57)60-51-52(50-59-53(56)47-44-41-38-35-18-15-12-9-6-3)61-55(58)49-46-43-40-37-34-32-30-28-26-24-22-20-17-14-11-8-5-2/h9,12,16-20,23-26,29,31,35-36,39,52H,4-8,10-11,13-15,21-22,27-28,30,32-34,37-38,40-51H2,1-3H3/b12-9-,19-16-,20-17-,25-23-,26-24-,31-29-,35-18-,39-36-. The third-order valence-corrected chi connectivity index (χ3v) is 10.0. The number of hydrogen-bond acceptors (Lipinski definition) is 6. The molecular weight excluding hydrogens is 757 g/mol. The van der Waals surface area contributed by atoms with Gasteiger partial charge in [0.1, 0.15) is 13.2 Å². The Balaban J connectivity index is 4.47. The lowest BCUT2D eigenvalue weighted by molar-refractivity contribution is -0.167. The predicted octanol–water partition coefficient (Wildman–Crippen LogP) is 16.2. The first-order valence-electron chi connectivity index (χ1n) is 24.7. The topological polar surface area (TPSA) is 78.9 Å². The minimum atomic E-state index is -0.816. The molecule has 0 aromatic rings. The van der Waals surface area contributed by atoms with E-state index in [0.29, 0.717) is 19.3 Å². The molecule has 0 spiro atoms. The van der Waals surface area contributed by atoms with Gasteiger partial charge >= 0.3 is 17.9 Å². The van der Waals surface area contributed by atoms with Crippen LogP contribution in [0, 0.1) is 0 Å². The van der Waals surface area contributed by atoms with Crippen molar-refractivity contribution in [3.8, 4) is 0 Å². The Morgan fingerprint density at radius 3 is 1.10 bits per heavy atom. The van der Waals surface area contributed by atoms with E-state index in [9.17, 15) is 14.4 Å². The van der Waals surface area contributed by atoms with E-state index in [1.54, 1.807) is 0 Å². The quantitative estimate of drug-likeness (QED) is 0.0263. The second kappa shape index (κ2) is 49.0. The molecule has 346 valence electrons. The molecular formula is C55H90O6. The van der Waals surface area contributed by atoms with Crippen LogP contribution in [0.4, 0.5) is 0 Å². The van der Waals surface area contributed by atoms with E-state index in [2.05, 4.69) is 118 Å². The van der Waals surface area contributed by atoms with Crippen LogP contribution in [-0.2, 0) is 28.6 Å². The van der Waals surface area contributed by atoms with Gasteiger partial charge in [-0.3, -0.25) is 14.4 Å². The molecule has 0 rings (SSSR count). The highest BCUT2D eigenvalue weighted by Crippen LogP contribution is 2.12. The number of allylic oxidation sites excluding steroid dienone is 16. The zero-order valence-electron chi connectivity index (χ0n) is 39.4. The minimum Gasteiger partial charge on any atom is -0.462 e. The molecule has 0 radical (unpaired) electrons. The minimum absolute atomic E-state index is 0.116. The van der Waals surface area contributed by atoms with Crippen molar-refractivity contribution in [3.05, 3.63) is 97.2 Å². The first-order valence-corrected chi connectivity index (χ1v) is 24.7. The van der Waals surface area contributed by atoms with Crippen molar-refractivity contribution in [2.24, 2.45) is 0 Å². The van der Waals surface area contributed by atoms with Gasteiger partial charge in [0, 0.05) is 19.3 Å². The van der Waals surface area contributed by atoms with E-state index in [1.807, 2.05) is 0 Å². The SMILES string of the molecule is CC/C=C\C/C=C\CCCCC(=O)OCC(COC(=O)CCC/C=C\C/C=C\C/C=C\C/C=C\CCCCC)OC(=O)CCCCCCCCC/C=C\C/C=C\CCCCC. The lowest BCUT2D eigenvalue weighted by atomic mass is 10.1. The van der Waals surface area contributed by atoms with Gasteiger partial charge in [-0.15, -0.1) is 0 Å². The molecule has 6 heteroatoms. The van der Waals surface area contributed by atoms with Gasteiger partial charge in [0.25, 0.3) is 0 Å². The average molecular weight is 847 g/mol. The van der Waals surface area contributed by atoms with Crippen LogP contribution in [0.3, 0.4) is 0 Å². The zero-order valence-corrected chi connectivity index (χ0v) is 39.4. The summed E-state index contributed by atoms with van der Waals surface area (Å²) in [4.78, 5) is 37.8. The van der Waals surface area contributed by atoms with Gasteiger partial charge < -0.3 is 14.2 Å². The summed E-state index contributed by atoms with van der Waals surface area (Å²) in [5.74, 6) is -1.02. The number of carbonyl (C=O) groups is 3. The van der Waals surface area contributed by atoms with Gasteiger partial charge in [0.05, 0.1) is 0 Å². The largest absolute Gasteiger partial charge is 0.462 e. The first-order chi connectivity index (χ1) is 30.0. The van der Waals surface area contributed by atoms with E-state index in [-0.39, 0.29) is 37.5 Å². The summed E-state index contributed by atoms with van der Waals surface area (Å²) >= 11 is 0. The Hall–Kier alpha value is -3.67. The van der Waals surface area contributed by atoms with Gasteiger partial charge in [-0.05, 0) is 116 Å². The molecule has 0 bridgehead atoms. The summed E-state index contributed by atoms with van der Waals surface area (Å²) < 4.78 is 16.6. The van der Waals surface area contributed by atoms with Crippen molar-refractivity contribution in [2.75, 3.05) is 13.2 Å². The summed E-state index contributed by atoms with van der Waals surface area (Å²) in [7, 11) is 0. The monoisotopic (exact) mass is 847 g/mol. The maximum absolute atomic E-state index is 12.8. The summed E-state index contributed by atoms with van der Waals surface area (Å²) in [5.41, 5.74) is 0. The number of rotatable bonds is 43. The molecule has 0 heterocycles. The second-order valence-electron chi connectivity index (χ2n) is 16.0. The molecule has 0 N–H and O–H groups in total. The van der Waals surface area contributed by atoms with Crippen LogP contribution in [0.15, 0.2) is 97.2 Å². The molecule has 0 aromatic heterocycles. The summed E-state index contributed by atoms with van der Waals surface area (Å²) in [6, 6.07) is 0. The Kier molecular flexibility index (Phi) is 46.0. The van der Waals surface area contributed by atoms with Crippen LogP contribution >= 0.6 is 0 Å². The van der Waals surface area contributed by atoms with Gasteiger partial charge in [0.15, 0.2) is 6.10 Å². The Morgan fingerprint density at radius 1 is 0.344 bits per heavy atom. The average Bonchev–Trinajstić information content (AvgIpc) is 3.26. The van der Waals surface area contributed by atoms with Crippen LogP contribution in [0.25, 0.3) is 0 Å². The highest BCUT2D eigenvalue weighted by molar-refractivity contribution is 5.71. The zero-order chi connectivity index (χ0) is 44.4. The Morgan fingerprint density at radius 2 is 0.656 bits per heavy atom. The second-order valence-corrected chi connectivity index (χ2v) is 16.0. The molecule has 0 saturated carbocycles. The summed E-state index contributed by atoms with van der Waals surface area (Å²) in [6.07, 6.45) is 64.1. The van der Waals surface area contributed by atoms with Gasteiger partial charge in [0.2, 0.25) is 0 Å². The Labute approximate surface area is 375 Å². The molecule has 0 fully saturated rings. The fourth-order valence-electron chi connectivity index (χ4n) is 6.32. The van der Waals surface area contributed by atoms with E-state index in [0.717, 1.165) is 89.9 Å². The van der Waals surface area contributed by atoms with E-state index in [1.165, 1.54) is 77.0 Å². The molecule has 1 atom stereocenters. The fraction of sp³-hybridized carbons (Fsp3) is 0.655. The first kappa shape index (κ1) is 57.3. The van der Waals surface area contributed by atoms with E-state index in [4.69, 9.17) is 14.2 Å². The van der Waals surface area contributed by atoms with Crippen LogP contribution in [0.1, 0.15) is 213 Å². The predicted molar refractivity (Wildman–Crippen MR) is 260 cm³/mol. The smallest absolute Gasteiger partial charge is 0.306 e. The van der Waals surface area contributed by atoms with E-state index >= 15 is 0 Å². The van der Waals surface area contributed by atoms with Crippen molar-refractivity contribution >= 4 is 17.9 Å².